The lowest BCUT2D eigenvalue weighted by atomic mass is 10.3. The predicted octanol–water partition coefficient (Wildman–Crippen LogP) is 1.07. The Morgan fingerprint density at radius 2 is 1.93 bits per heavy atom. The van der Waals surface area contributed by atoms with E-state index < -0.39 is 0 Å². The molecule has 1 aliphatic heterocycles. The molecule has 1 aromatic carbocycles. The molecule has 154 valence electrons. The minimum absolute atomic E-state index is 0.0895. The zero-order valence-electron chi connectivity index (χ0n) is 16.5. The molecule has 1 fully saturated rings. The van der Waals surface area contributed by atoms with Gasteiger partial charge in [0, 0.05) is 24.5 Å². The molecule has 0 saturated carbocycles. The van der Waals surface area contributed by atoms with Gasteiger partial charge in [-0.05, 0) is 30.8 Å². The molecule has 0 radical (unpaired) electrons. The number of rotatable bonds is 8. The largest absolute Gasteiger partial charge is 0.497 e. The number of esters is 1. The zero-order chi connectivity index (χ0) is 20.5. The first kappa shape index (κ1) is 22.0. The first-order valence-electron chi connectivity index (χ1n) is 9.10. The van der Waals surface area contributed by atoms with E-state index in [1.54, 1.807) is 41.2 Å². The van der Waals surface area contributed by atoms with Gasteiger partial charge in [-0.15, -0.1) is 11.8 Å². The Labute approximate surface area is 169 Å². The number of nitrogens with zero attached hydrogens (tertiary/aromatic N) is 2. The standard InChI is InChI=1S/C19H27N3O5S/c1-4-21(12-17(23)20-14-5-7-15(26-2)8-6-14)13-18(24)22-9-10-28-16(11-22)19(25)27-3/h5-8,16H,4,9-13H2,1-3H3,(H,20,23)/t16-/m1/s1. The van der Waals surface area contributed by atoms with Gasteiger partial charge in [0.1, 0.15) is 11.0 Å². The van der Waals surface area contributed by atoms with E-state index in [0.29, 0.717) is 36.8 Å². The smallest absolute Gasteiger partial charge is 0.320 e. The number of carbonyl (C=O) groups excluding carboxylic acids is 3. The number of anilines is 1. The highest BCUT2D eigenvalue weighted by Crippen LogP contribution is 2.20. The maximum atomic E-state index is 12.6. The van der Waals surface area contributed by atoms with Crippen LogP contribution in [0.2, 0.25) is 0 Å². The normalized spacial score (nSPS) is 16.6. The highest BCUT2D eigenvalue weighted by atomic mass is 32.2. The molecule has 1 N–H and O–H groups in total. The van der Waals surface area contributed by atoms with Crippen LogP contribution in [0.4, 0.5) is 5.69 Å². The Hall–Kier alpha value is -2.26. The van der Waals surface area contributed by atoms with Crippen LogP contribution in [0.3, 0.4) is 0 Å². The number of benzene rings is 1. The van der Waals surface area contributed by atoms with Crippen LogP contribution in [-0.2, 0) is 19.1 Å². The van der Waals surface area contributed by atoms with Gasteiger partial charge in [-0.3, -0.25) is 19.3 Å². The Morgan fingerprint density at radius 3 is 2.54 bits per heavy atom. The SMILES string of the molecule is CCN(CC(=O)Nc1ccc(OC)cc1)CC(=O)N1CCS[C@@H](C(=O)OC)C1. The van der Waals surface area contributed by atoms with Crippen molar-refractivity contribution in [3.05, 3.63) is 24.3 Å². The molecule has 1 aliphatic rings. The third-order valence-corrected chi connectivity index (χ3v) is 5.59. The summed E-state index contributed by atoms with van der Waals surface area (Å²) in [5.41, 5.74) is 0.669. The van der Waals surface area contributed by atoms with Crippen LogP contribution in [0.15, 0.2) is 24.3 Å². The molecular weight excluding hydrogens is 382 g/mol. The van der Waals surface area contributed by atoms with Crippen molar-refractivity contribution in [2.75, 3.05) is 58.0 Å². The van der Waals surface area contributed by atoms with E-state index in [1.165, 1.54) is 18.9 Å². The van der Waals surface area contributed by atoms with E-state index >= 15 is 0 Å². The van der Waals surface area contributed by atoms with Crippen molar-refractivity contribution in [1.29, 1.82) is 0 Å². The van der Waals surface area contributed by atoms with E-state index in [2.05, 4.69) is 5.32 Å². The summed E-state index contributed by atoms with van der Waals surface area (Å²) in [4.78, 5) is 40.1. The molecule has 0 unspecified atom stereocenters. The second-order valence-electron chi connectivity index (χ2n) is 6.30. The minimum Gasteiger partial charge on any atom is -0.497 e. The quantitative estimate of drug-likeness (QED) is 0.643. The van der Waals surface area contributed by atoms with Crippen molar-refractivity contribution in [1.82, 2.24) is 9.80 Å². The average molecular weight is 410 g/mol. The molecule has 8 nitrogen and oxygen atoms in total. The van der Waals surface area contributed by atoms with Gasteiger partial charge in [0.15, 0.2) is 0 Å². The van der Waals surface area contributed by atoms with Crippen LogP contribution in [0.5, 0.6) is 5.75 Å². The maximum absolute atomic E-state index is 12.6. The van der Waals surface area contributed by atoms with Crippen molar-refractivity contribution < 1.29 is 23.9 Å². The molecule has 2 rings (SSSR count). The zero-order valence-corrected chi connectivity index (χ0v) is 17.3. The van der Waals surface area contributed by atoms with Crippen LogP contribution in [-0.4, -0.2) is 85.5 Å². The third kappa shape index (κ3) is 6.42. The summed E-state index contributed by atoms with van der Waals surface area (Å²) in [7, 11) is 2.93. The number of ether oxygens (including phenoxy) is 2. The Kier molecular flexibility index (Phi) is 8.59. The first-order valence-corrected chi connectivity index (χ1v) is 10.1. The van der Waals surface area contributed by atoms with E-state index in [-0.39, 0.29) is 36.1 Å². The summed E-state index contributed by atoms with van der Waals surface area (Å²) >= 11 is 1.50. The first-order chi connectivity index (χ1) is 13.5. The fraction of sp³-hybridized carbons (Fsp3) is 0.526. The summed E-state index contributed by atoms with van der Waals surface area (Å²) in [6, 6.07) is 7.05. The van der Waals surface area contributed by atoms with Crippen LogP contribution in [0.25, 0.3) is 0 Å². The number of amides is 2. The number of hydrogen-bond acceptors (Lipinski definition) is 7. The number of hydrogen-bond donors (Lipinski definition) is 1. The molecule has 28 heavy (non-hydrogen) atoms. The predicted molar refractivity (Wildman–Crippen MR) is 109 cm³/mol. The van der Waals surface area contributed by atoms with Gasteiger partial charge in [0.2, 0.25) is 11.8 Å². The molecule has 0 aliphatic carbocycles. The van der Waals surface area contributed by atoms with Gasteiger partial charge in [-0.2, -0.15) is 0 Å². The van der Waals surface area contributed by atoms with E-state index in [0.717, 1.165) is 0 Å². The van der Waals surface area contributed by atoms with Gasteiger partial charge in [-0.1, -0.05) is 6.92 Å². The molecular formula is C19H27N3O5S. The number of likely N-dealkylation sites (N-methyl/N-ethyl adjacent to an activating group) is 1. The molecule has 2 amide bonds. The lowest BCUT2D eigenvalue weighted by molar-refractivity contribution is -0.141. The molecule has 9 heteroatoms. The van der Waals surface area contributed by atoms with Crippen LogP contribution in [0.1, 0.15) is 6.92 Å². The van der Waals surface area contributed by atoms with E-state index in [4.69, 9.17) is 9.47 Å². The van der Waals surface area contributed by atoms with Gasteiger partial charge in [0.05, 0.1) is 27.3 Å². The lowest BCUT2D eigenvalue weighted by Gasteiger charge is -2.32. The maximum Gasteiger partial charge on any atom is 0.320 e. The summed E-state index contributed by atoms with van der Waals surface area (Å²) < 4.78 is 9.87. The van der Waals surface area contributed by atoms with Crippen molar-refractivity contribution in [3.63, 3.8) is 0 Å². The van der Waals surface area contributed by atoms with Crippen LogP contribution >= 0.6 is 11.8 Å². The fourth-order valence-electron chi connectivity index (χ4n) is 2.80. The molecule has 1 aromatic rings. The van der Waals surface area contributed by atoms with E-state index in [9.17, 15) is 14.4 Å². The second-order valence-corrected chi connectivity index (χ2v) is 7.61. The Morgan fingerprint density at radius 1 is 1.21 bits per heavy atom. The second kappa shape index (κ2) is 10.9. The van der Waals surface area contributed by atoms with E-state index in [1.807, 2.05) is 6.92 Å². The van der Waals surface area contributed by atoms with Gasteiger partial charge in [0.25, 0.3) is 0 Å². The fourth-order valence-corrected chi connectivity index (χ4v) is 3.93. The highest BCUT2D eigenvalue weighted by molar-refractivity contribution is 8.00. The molecule has 1 heterocycles. The number of nitrogens with one attached hydrogen (secondary N) is 1. The number of carbonyl (C=O) groups is 3. The Balaban J connectivity index is 1.85. The monoisotopic (exact) mass is 409 g/mol. The highest BCUT2D eigenvalue weighted by Gasteiger charge is 2.30. The molecule has 0 aromatic heterocycles. The van der Waals surface area contributed by atoms with Crippen molar-refractivity contribution in [3.8, 4) is 5.75 Å². The summed E-state index contributed by atoms with van der Waals surface area (Å²) in [5, 5.41) is 2.46. The lowest BCUT2D eigenvalue weighted by Crippen LogP contribution is -2.49. The molecule has 0 bridgehead atoms. The Bertz CT molecular complexity index is 683. The average Bonchev–Trinajstić information content (AvgIpc) is 2.73. The molecule has 0 spiro atoms. The molecule has 1 saturated heterocycles. The van der Waals surface area contributed by atoms with Crippen LogP contribution < -0.4 is 10.1 Å². The summed E-state index contributed by atoms with van der Waals surface area (Å²) in [5.74, 6) is 0.808. The number of thioether (sulfide) groups is 1. The van der Waals surface area contributed by atoms with Crippen molar-refractivity contribution in [2.24, 2.45) is 0 Å². The third-order valence-electron chi connectivity index (χ3n) is 4.43. The van der Waals surface area contributed by atoms with Gasteiger partial charge < -0.3 is 19.7 Å². The van der Waals surface area contributed by atoms with Crippen LogP contribution in [0, 0.1) is 0 Å². The summed E-state index contributed by atoms with van der Waals surface area (Å²) in [6.45, 7) is 3.63. The van der Waals surface area contributed by atoms with Gasteiger partial charge >= 0.3 is 5.97 Å². The van der Waals surface area contributed by atoms with Gasteiger partial charge in [-0.25, -0.2) is 0 Å². The topological polar surface area (TPSA) is 88.2 Å². The van der Waals surface area contributed by atoms with Crippen molar-refractivity contribution in [2.45, 2.75) is 12.2 Å². The molecule has 1 atom stereocenters. The van der Waals surface area contributed by atoms with Crippen molar-refractivity contribution >= 4 is 35.2 Å². The number of methoxy groups -OCH3 is 2. The summed E-state index contributed by atoms with van der Waals surface area (Å²) in [6.07, 6.45) is 0. The minimum atomic E-state index is -0.351.